The van der Waals surface area contributed by atoms with Crippen LogP contribution in [0.5, 0.6) is 0 Å². The number of pyridine rings is 1. The molecular weight excluding hydrogens is 522 g/mol. The molecule has 2 N–H and O–H groups in total. The Kier molecular flexibility index (Phi) is 6.80. The van der Waals surface area contributed by atoms with E-state index in [1.807, 2.05) is 71.8 Å². The molecule has 0 spiro atoms. The molecule has 3 aromatic carbocycles. The van der Waals surface area contributed by atoms with Crippen molar-refractivity contribution in [3.8, 4) is 22.9 Å². The molecule has 2 aromatic heterocycles. The number of imidazole rings is 1. The number of nitrogens with one attached hydrogen (secondary N) is 1. The third kappa shape index (κ3) is 4.42. The fourth-order valence-corrected chi connectivity index (χ4v) is 5.83. The average Bonchev–Trinajstić information content (AvgIpc) is 3.23. The minimum Gasteiger partial charge on any atom is -0.395 e. The van der Waals surface area contributed by atoms with Crippen molar-refractivity contribution in [2.24, 2.45) is 7.05 Å². The van der Waals surface area contributed by atoms with Crippen LogP contribution in [-0.2, 0) is 7.05 Å². The summed E-state index contributed by atoms with van der Waals surface area (Å²) in [5.41, 5.74) is 8.22. The molecule has 0 amide bonds. The number of nitriles is 1. The van der Waals surface area contributed by atoms with E-state index in [0.717, 1.165) is 76.2 Å². The van der Waals surface area contributed by atoms with Crippen LogP contribution in [0, 0.1) is 23.7 Å². The fourth-order valence-electron chi connectivity index (χ4n) is 5.70. The zero-order valence-corrected chi connectivity index (χ0v) is 23.3. The molecule has 202 valence electrons. The van der Waals surface area contributed by atoms with Crippen molar-refractivity contribution in [2.45, 2.75) is 6.92 Å². The molecule has 8 nitrogen and oxygen atoms in total. The van der Waals surface area contributed by atoms with Gasteiger partial charge in [-0.05, 0) is 60.0 Å². The van der Waals surface area contributed by atoms with E-state index < -0.39 is 0 Å². The van der Waals surface area contributed by atoms with Crippen LogP contribution in [0.4, 0.5) is 5.69 Å². The first kappa shape index (κ1) is 26.1. The van der Waals surface area contributed by atoms with Crippen LogP contribution in [0.15, 0.2) is 60.8 Å². The number of β-amino-alcohol motifs (C(OH)–C–C–N with tert-alkyl or cyclic N) is 1. The highest BCUT2D eigenvalue weighted by molar-refractivity contribution is 6.30. The number of aliphatic hydroxyl groups excluding tert-OH is 1. The number of halogens is 1. The first-order valence-corrected chi connectivity index (χ1v) is 13.7. The van der Waals surface area contributed by atoms with Crippen LogP contribution in [0.1, 0.15) is 11.1 Å². The monoisotopic (exact) mass is 551 g/mol. The highest BCUT2D eigenvalue weighted by Crippen LogP contribution is 2.33. The Morgan fingerprint density at radius 3 is 2.42 bits per heavy atom. The number of hydrogen-bond donors (Lipinski definition) is 2. The van der Waals surface area contributed by atoms with E-state index in [1.54, 1.807) is 0 Å². The second-order valence-corrected chi connectivity index (χ2v) is 10.7. The van der Waals surface area contributed by atoms with Crippen LogP contribution in [0.25, 0.3) is 38.8 Å². The number of benzene rings is 3. The predicted molar refractivity (Wildman–Crippen MR) is 159 cm³/mol. The largest absolute Gasteiger partial charge is 0.395 e. The van der Waals surface area contributed by atoms with Crippen LogP contribution in [0.3, 0.4) is 0 Å². The van der Waals surface area contributed by atoms with Crippen molar-refractivity contribution in [3.63, 3.8) is 0 Å². The van der Waals surface area contributed by atoms with E-state index in [0.29, 0.717) is 22.7 Å². The lowest BCUT2D eigenvalue weighted by Gasteiger charge is -2.36. The van der Waals surface area contributed by atoms with Gasteiger partial charge >= 0.3 is 0 Å². The second-order valence-electron chi connectivity index (χ2n) is 10.3. The molecule has 1 fully saturated rings. The van der Waals surface area contributed by atoms with Gasteiger partial charge in [-0.2, -0.15) is 5.26 Å². The molecule has 0 aliphatic carbocycles. The lowest BCUT2D eigenvalue weighted by molar-refractivity contribution is 0.189. The highest BCUT2D eigenvalue weighted by atomic mass is 35.5. The quantitative estimate of drug-likeness (QED) is 0.332. The average molecular weight is 552 g/mol. The summed E-state index contributed by atoms with van der Waals surface area (Å²) < 4.78 is 3.76. The van der Waals surface area contributed by atoms with Gasteiger partial charge < -0.3 is 14.6 Å². The molecule has 40 heavy (non-hydrogen) atoms. The standard InChI is InChI=1S/C31H30ClN7O/c1-20-15-28(38-11-9-37(10-12-38)13-14-40)23(18-33)17-27(20)39-30-25-16-22(21-3-6-24(32)7-4-21)5-8-26(25)35-19-29(30)36(2)31(39)34/h3-8,15-17,19,34,40H,9-14H2,1-2H3. The van der Waals surface area contributed by atoms with Crippen molar-refractivity contribution in [1.29, 1.82) is 10.7 Å². The van der Waals surface area contributed by atoms with Gasteiger partial charge in [0.05, 0.1) is 46.3 Å². The molecule has 0 saturated carbocycles. The molecule has 1 aliphatic heterocycles. The lowest BCUT2D eigenvalue weighted by atomic mass is 10.0. The molecular formula is C31H30ClN7O. The first-order chi connectivity index (χ1) is 19.4. The second kappa shape index (κ2) is 10.4. The number of anilines is 1. The van der Waals surface area contributed by atoms with Gasteiger partial charge in [-0.1, -0.05) is 29.8 Å². The Hall–Kier alpha value is -4.16. The van der Waals surface area contributed by atoms with Crippen LogP contribution < -0.4 is 10.5 Å². The number of piperazine rings is 1. The summed E-state index contributed by atoms with van der Waals surface area (Å²) in [7, 11) is 1.87. The summed E-state index contributed by atoms with van der Waals surface area (Å²) in [6.45, 7) is 6.14. The Balaban J connectivity index is 1.52. The van der Waals surface area contributed by atoms with Crippen LogP contribution in [-0.4, -0.2) is 63.5 Å². The van der Waals surface area contributed by atoms with E-state index >= 15 is 0 Å². The van der Waals surface area contributed by atoms with Gasteiger partial charge in [0.2, 0.25) is 5.62 Å². The Morgan fingerprint density at radius 1 is 1.00 bits per heavy atom. The molecule has 0 radical (unpaired) electrons. The minimum atomic E-state index is 0.153. The molecule has 5 aromatic rings. The number of aromatic nitrogens is 3. The van der Waals surface area contributed by atoms with Gasteiger partial charge in [0.25, 0.3) is 0 Å². The van der Waals surface area contributed by atoms with Crippen molar-refractivity contribution in [2.75, 3.05) is 44.2 Å². The number of aliphatic hydroxyl groups is 1. The topological polar surface area (TPSA) is 97.1 Å². The van der Waals surface area contributed by atoms with Crippen LogP contribution >= 0.6 is 11.6 Å². The van der Waals surface area contributed by atoms with Crippen molar-refractivity contribution >= 4 is 39.2 Å². The number of fused-ring (bicyclic) bond motifs is 3. The maximum atomic E-state index is 10.2. The van der Waals surface area contributed by atoms with E-state index in [1.165, 1.54) is 0 Å². The van der Waals surface area contributed by atoms with Gasteiger partial charge in [-0.25, -0.2) is 0 Å². The molecule has 0 atom stereocenters. The zero-order valence-electron chi connectivity index (χ0n) is 22.5. The molecule has 9 heteroatoms. The van der Waals surface area contributed by atoms with Crippen molar-refractivity contribution in [1.82, 2.24) is 19.0 Å². The summed E-state index contributed by atoms with van der Waals surface area (Å²) in [6, 6.07) is 20.3. The Bertz CT molecular complexity index is 1840. The van der Waals surface area contributed by atoms with E-state index in [-0.39, 0.29) is 6.61 Å². The lowest BCUT2D eigenvalue weighted by Crippen LogP contribution is -2.47. The smallest absolute Gasteiger partial charge is 0.207 e. The summed E-state index contributed by atoms with van der Waals surface area (Å²) in [6.07, 6.45) is 1.81. The third-order valence-electron chi connectivity index (χ3n) is 7.92. The predicted octanol–water partition coefficient (Wildman–Crippen LogP) is 4.61. The number of hydrogen-bond acceptors (Lipinski definition) is 6. The van der Waals surface area contributed by atoms with E-state index in [9.17, 15) is 10.4 Å². The molecule has 3 heterocycles. The maximum absolute atomic E-state index is 10.2. The SMILES string of the molecule is Cc1cc(N2CCN(CCO)CC2)c(C#N)cc1-n1c(=N)n(C)c2cnc3ccc(-c4ccc(Cl)cc4)cc3c21. The molecule has 0 unspecified atom stereocenters. The highest BCUT2D eigenvalue weighted by Gasteiger charge is 2.22. The maximum Gasteiger partial charge on any atom is 0.207 e. The van der Waals surface area contributed by atoms with Gasteiger partial charge in [0.1, 0.15) is 6.07 Å². The van der Waals surface area contributed by atoms with Gasteiger partial charge in [-0.15, -0.1) is 0 Å². The molecule has 6 rings (SSSR count). The summed E-state index contributed by atoms with van der Waals surface area (Å²) in [5, 5.41) is 30.2. The van der Waals surface area contributed by atoms with Gasteiger partial charge in [0, 0.05) is 50.2 Å². The summed E-state index contributed by atoms with van der Waals surface area (Å²) in [4.78, 5) is 9.18. The Morgan fingerprint density at radius 2 is 1.73 bits per heavy atom. The van der Waals surface area contributed by atoms with Gasteiger partial charge in [0.15, 0.2) is 0 Å². The summed E-state index contributed by atoms with van der Waals surface area (Å²) >= 11 is 6.13. The number of nitrogens with zero attached hydrogens (tertiary/aromatic N) is 6. The van der Waals surface area contributed by atoms with Gasteiger partial charge in [-0.3, -0.25) is 19.9 Å². The van der Waals surface area contributed by atoms with Crippen LogP contribution in [0.2, 0.25) is 5.02 Å². The molecule has 1 saturated heterocycles. The number of aryl methyl sites for hydroxylation is 2. The van der Waals surface area contributed by atoms with Crippen molar-refractivity contribution in [3.05, 3.63) is 82.6 Å². The molecule has 1 aliphatic rings. The fraction of sp³-hybridized carbons (Fsp3) is 0.258. The first-order valence-electron chi connectivity index (χ1n) is 13.3. The van der Waals surface area contributed by atoms with E-state index in [2.05, 4.69) is 28.0 Å². The zero-order chi connectivity index (χ0) is 28.0. The normalized spacial score (nSPS) is 14.2. The molecule has 0 bridgehead atoms. The number of rotatable bonds is 5. The van der Waals surface area contributed by atoms with E-state index in [4.69, 9.17) is 22.0 Å². The Labute approximate surface area is 237 Å². The van der Waals surface area contributed by atoms with Crippen molar-refractivity contribution < 1.29 is 5.11 Å². The third-order valence-corrected chi connectivity index (χ3v) is 8.17. The minimum absolute atomic E-state index is 0.153. The summed E-state index contributed by atoms with van der Waals surface area (Å²) in [5.74, 6) is 0.